The van der Waals surface area contributed by atoms with Gasteiger partial charge < -0.3 is 10.9 Å². The number of aryl methyl sites for hydroxylation is 2. The average molecular weight is 309 g/mol. The molecular weight excluding hydrogens is 290 g/mol. The molecule has 0 aromatic heterocycles. The SMILES string of the molecule is NC(=NO)C(NS(=O)(=O)c1ccc2c(c1)CCC2)C1CC1. The molecule has 0 spiro atoms. The Balaban J connectivity index is 1.86. The molecule has 1 aromatic carbocycles. The van der Waals surface area contributed by atoms with Gasteiger partial charge in [0.05, 0.1) is 10.9 Å². The molecule has 0 radical (unpaired) electrons. The fraction of sp³-hybridized carbons (Fsp3) is 0.500. The number of sulfonamides is 1. The number of amidine groups is 1. The lowest BCUT2D eigenvalue weighted by atomic mass is 10.1. The zero-order chi connectivity index (χ0) is 15.0. The Bertz CT molecular complexity index is 681. The molecular formula is C14H19N3O3S. The summed E-state index contributed by atoms with van der Waals surface area (Å²) in [5, 5.41) is 11.8. The summed E-state index contributed by atoms with van der Waals surface area (Å²) in [6.45, 7) is 0. The first-order valence-corrected chi connectivity index (χ1v) is 8.61. The van der Waals surface area contributed by atoms with E-state index in [4.69, 9.17) is 10.9 Å². The Labute approximate surface area is 124 Å². The quantitative estimate of drug-likeness (QED) is 0.326. The first kappa shape index (κ1) is 14.3. The Hall–Kier alpha value is -1.60. The summed E-state index contributed by atoms with van der Waals surface area (Å²) in [4.78, 5) is 0.250. The van der Waals surface area contributed by atoms with Crippen molar-refractivity contribution in [2.24, 2.45) is 16.8 Å². The molecule has 0 bridgehead atoms. The molecule has 6 nitrogen and oxygen atoms in total. The number of oxime groups is 1. The average Bonchev–Trinajstić information content (AvgIpc) is 3.20. The third-order valence-electron chi connectivity index (χ3n) is 4.19. The molecule has 0 saturated heterocycles. The first-order chi connectivity index (χ1) is 10.0. The summed E-state index contributed by atoms with van der Waals surface area (Å²) in [5.74, 6) is 0.0346. The molecule has 7 heteroatoms. The topological polar surface area (TPSA) is 105 Å². The minimum absolute atomic E-state index is 0.0813. The minimum atomic E-state index is -3.66. The van der Waals surface area contributed by atoms with E-state index in [1.54, 1.807) is 12.1 Å². The van der Waals surface area contributed by atoms with Crippen LogP contribution in [0.3, 0.4) is 0 Å². The molecule has 1 saturated carbocycles. The van der Waals surface area contributed by atoms with Gasteiger partial charge in [0.25, 0.3) is 0 Å². The number of benzene rings is 1. The largest absolute Gasteiger partial charge is 0.409 e. The van der Waals surface area contributed by atoms with Gasteiger partial charge in [0.2, 0.25) is 10.0 Å². The molecule has 0 aliphatic heterocycles. The standard InChI is InChI=1S/C14H19N3O3S/c15-14(16-18)13(10-4-5-10)17-21(19,20)12-7-6-9-2-1-3-11(9)8-12/h6-8,10,13,17-18H,1-5H2,(H2,15,16). The predicted molar refractivity (Wildman–Crippen MR) is 78.7 cm³/mol. The van der Waals surface area contributed by atoms with Gasteiger partial charge in [0.15, 0.2) is 5.84 Å². The molecule has 114 valence electrons. The highest BCUT2D eigenvalue weighted by atomic mass is 32.2. The zero-order valence-corrected chi connectivity index (χ0v) is 12.4. The van der Waals surface area contributed by atoms with Gasteiger partial charge in [0, 0.05) is 0 Å². The second-order valence-electron chi connectivity index (χ2n) is 5.75. The lowest BCUT2D eigenvalue weighted by Crippen LogP contribution is -2.46. The fourth-order valence-corrected chi connectivity index (χ4v) is 4.17. The number of hydrogen-bond donors (Lipinski definition) is 3. The van der Waals surface area contributed by atoms with Crippen LogP contribution in [-0.4, -0.2) is 25.5 Å². The fourth-order valence-electron chi connectivity index (χ4n) is 2.84. The van der Waals surface area contributed by atoms with Crippen molar-refractivity contribution in [3.8, 4) is 0 Å². The van der Waals surface area contributed by atoms with Crippen molar-refractivity contribution >= 4 is 15.9 Å². The van der Waals surface area contributed by atoms with E-state index in [-0.39, 0.29) is 16.6 Å². The van der Waals surface area contributed by atoms with Gasteiger partial charge >= 0.3 is 0 Å². The van der Waals surface area contributed by atoms with Crippen LogP contribution in [0.2, 0.25) is 0 Å². The molecule has 1 aromatic rings. The van der Waals surface area contributed by atoms with Crippen LogP contribution in [0.4, 0.5) is 0 Å². The smallest absolute Gasteiger partial charge is 0.241 e. The molecule has 4 N–H and O–H groups in total. The minimum Gasteiger partial charge on any atom is -0.409 e. The van der Waals surface area contributed by atoms with Crippen LogP contribution in [0.1, 0.15) is 30.4 Å². The Morgan fingerprint density at radius 1 is 1.33 bits per heavy atom. The summed E-state index contributed by atoms with van der Waals surface area (Å²) in [7, 11) is -3.66. The molecule has 0 heterocycles. The zero-order valence-electron chi connectivity index (χ0n) is 11.6. The highest BCUT2D eigenvalue weighted by molar-refractivity contribution is 7.89. The van der Waals surface area contributed by atoms with E-state index in [0.29, 0.717) is 0 Å². The van der Waals surface area contributed by atoms with Crippen molar-refractivity contribution in [1.82, 2.24) is 4.72 Å². The van der Waals surface area contributed by atoms with E-state index in [2.05, 4.69) is 9.88 Å². The summed E-state index contributed by atoms with van der Waals surface area (Å²) < 4.78 is 27.6. The Kier molecular flexibility index (Phi) is 3.62. The van der Waals surface area contributed by atoms with Crippen molar-refractivity contribution in [2.75, 3.05) is 0 Å². The number of nitrogens with two attached hydrogens (primary N) is 1. The lowest BCUT2D eigenvalue weighted by molar-refractivity contribution is 0.314. The van der Waals surface area contributed by atoms with Crippen LogP contribution in [0.5, 0.6) is 0 Å². The van der Waals surface area contributed by atoms with Crippen molar-refractivity contribution in [1.29, 1.82) is 0 Å². The van der Waals surface area contributed by atoms with Crippen molar-refractivity contribution in [2.45, 2.75) is 43.0 Å². The number of hydrogen-bond acceptors (Lipinski definition) is 4. The van der Waals surface area contributed by atoms with Gasteiger partial charge in [0.1, 0.15) is 0 Å². The van der Waals surface area contributed by atoms with Crippen LogP contribution < -0.4 is 10.5 Å². The van der Waals surface area contributed by atoms with Gasteiger partial charge in [-0.15, -0.1) is 0 Å². The molecule has 0 amide bonds. The van der Waals surface area contributed by atoms with Gasteiger partial charge in [-0.3, -0.25) is 0 Å². The summed E-state index contributed by atoms with van der Waals surface area (Å²) in [5.41, 5.74) is 7.93. The van der Waals surface area contributed by atoms with E-state index < -0.39 is 16.1 Å². The molecule has 3 rings (SSSR count). The highest BCUT2D eigenvalue weighted by Gasteiger charge is 2.37. The highest BCUT2D eigenvalue weighted by Crippen LogP contribution is 2.33. The van der Waals surface area contributed by atoms with E-state index >= 15 is 0 Å². The van der Waals surface area contributed by atoms with Gasteiger partial charge in [-0.25, -0.2) is 13.1 Å². The molecule has 1 fully saturated rings. The van der Waals surface area contributed by atoms with E-state index in [0.717, 1.165) is 37.7 Å². The number of nitrogens with zero attached hydrogens (tertiary/aromatic N) is 1. The van der Waals surface area contributed by atoms with E-state index in [1.165, 1.54) is 5.56 Å². The normalized spacial score (nSPS) is 20.3. The molecule has 1 atom stereocenters. The Morgan fingerprint density at radius 3 is 2.71 bits per heavy atom. The van der Waals surface area contributed by atoms with Crippen LogP contribution in [0.15, 0.2) is 28.3 Å². The number of fused-ring (bicyclic) bond motifs is 1. The van der Waals surface area contributed by atoms with Gasteiger partial charge in [-0.2, -0.15) is 0 Å². The van der Waals surface area contributed by atoms with Crippen LogP contribution in [0.25, 0.3) is 0 Å². The Morgan fingerprint density at radius 2 is 2.05 bits per heavy atom. The molecule has 2 aliphatic rings. The molecule has 2 aliphatic carbocycles. The lowest BCUT2D eigenvalue weighted by Gasteiger charge is -2.17. The van der Waals surface area contributed by atoms with E-state index in [1.807, 2.05) is 6.07 Å². The second-order valence-corrected chi connectivity index (χ2v) is 7.46. The molecule has 1 unspecified atom stereocenters. The van der Waals surface area contributed by atoms with Gasteiger partial charge in [-0.05, 0) is 61.3 Å². The van der Waals surface area contributed by atoms with Crippen molar-refractivity contribution in [3.63, 3.8) is 0 Å². The van der Waals surface area contributed by atoms with Crippen LogP contribution in [0, 0.1) is 5.92 Å². The number of rotatable bonds is 5. The maximum Gasteiger partial charge on any atom is 0.241 e. The van der Waals surface area contributed by atoms with Crippen LogP contribution in [-0.2, 0) is 22.9 Å². The van der Waals surface area contributed by atoms with Crippen molar-refractivity contribution < 1.29 is 13.6 Å². The van der Waals surface area contributed by atoms with Crippen LogP contribution >= 0.6 is 0 Å². The second kappa shape index (κ2) is 5.31. The maximum atomic E-state index is 12.5. The number of nitrogens with one attached hydrogen (secondary N) is 1. The van der Waals surface area contributed by atoms with E-state index in [9.17, 15) is 8.42 Å². The summed E-state index contributed by atoms with van der Waals surface area (Å²) >= 11 is 0. The molecule has 21 heavy (non-hydrogen) atoms. The monoisotopic (exact) mass is 309 g/mol. The maximum absolute atomic E-state index is 12.5. The summed E-state index contributed by atoms with van der Waals surface area (Å²) in [6.07, 6.45) is 4.77. The third-order valence-corrected chi connectivity index (χ3v) is 5.63. The predicted octanol–water partition coefficient (Wildman–Crippen LogP) is 0.979. The first-order valence-electron chi connectivity index (χ1n) is 7.13. The van der Waals surface area contributed by atoms with Crippen molar-refractivity contribution in [3.05, 3.63) is 29.3 Å². The third kappa shape index (κ3) is 2.89. The summed E-state index contributed by atoms with van der Waals surface area (Å²) in [6, 6.07) is 4.61. The van der Waals surface area contributed by atoms with Gasteiger partial charge in [-0.1, -0.05) is 11.2 Å².